The van der Waals surface area contributed by atoms with Crippen LogP contribution in [0.4, 0.5) is 0 Å². The number of allylic oxidation sites excluding steroid dienone is 1. The van der Waals surface area contributed by atoms with Crippen LogP contribution < -0.4 is 0 Å². The number of carboxylic acid groups (broad SMARTS) is 1. The smallest absolute Gasteiger partial charge is 0.309 e. The van der Waals surface area contributed by atoms with Gasteiger partial charge in [0.2, 0.25) is 0 Å². The number of aliphatic carboxylic acids is 1. The molecule has 2 heterocycles. The molecule has 1 fully saturated rings. The van der Waals surface area contributed by atoms with Gasteiger partial charge >= 0.3 is 5.97 Å². The molecule has 5 nitrogen and oxygen atoms in total. The van der Waals surface area contributed by atoms with E-state index in [1.807, 2.05) is 13.0 Å². The summed E-state index contributed by atoms with van der Waals surface area (Å²) in [6.07, 6.45) is 4.69. The summed E-state index contributed by atoms with van der Waals surface area (Å²) >= 11 is 1.43. The Kier molecular flexibility index (Phi) is 4.88. The van der Waals surface area contributed by atoms with E-state index in [0.29, 0.717) is 19.3 Å². The van der Waals surface area contributed by atoms with Gasteiger partial charge in [0.25, 0.3) is 0 Å². The third-order valence-electron chi connectivity index (χ3n) is 4.21. The van der Waals surface area contributed by atoms with Gasteiger partial charge in [-0.1, -0.05) is 10.6 Å². The molecule has 20 heavy (non-hydrogen) atoms. The average molecular weight is 295 g/mol. The standard InChI is InChI=1S/C14H21N3O2S/c1-3-4-5-14(13(18)19)6-8-17(9-7-14)10-12-11(2)15-16-20-12/h3H,1,4-10H2,2H3,(H,18,19). The van der Waals surface area contributed by atoms with E-state index in [0.717, 1.165) is 31.7 Å². The molecule has 2 rings (SSSR count). The number of aromatic nitrogens is 2. The largest absolute Gasteiger partial charge is 0.481 e. The lowest BCUT2D eigenvalue weighted by Crippen LogP contribution is -2.44. The predicted octanol–water partition coefficient (Wildman–Crippen LogP) is 2.48. The molecule has 0 saturated carbocycles. The number of nitrogens with zero attached hydrogens (tertiary/aromatic N) is 3. The van der Waals surface area contributed by atoms with E-state index in [1.54, 1.807) is 0 Å². The monoisotopic (exact) mass is 295 g/mol. The summed E-state index contributed by atoms with van der Waals surface area (Å²) in [7, 11) is 0. The third-order valence-corrected chi connectivity index (χ3v) is 5.01. The molecule has 1 aliphatic rings. The van der Waals surface area contributed by atoms with Gasteiger partial charge in [0, 0.05) is 6.54 Å². The van der Waals surface area contributed by atoms with Crippen molar-refractivity contribution in [3.05, 3.63) is 23.2 Å². The highest BCUT2D eigenvalue weighted by Gasteiger charge is 2.40. The molecular weight excluding hydrogens is 274 g/mol. The molecule has 1 N–H and O–H groups in total. The number of carbonyl (C=O) groups is 1. The molecule has 1 aromatic heterocycles. The maximum Gasteiger partial charge on any atom is 0.309 e. The first kappa shape index (κ1) is 15.1. The van der Waals surface area contributed by atoms with Gasteiger partial charge in [-0.15, -0.1) is 11.7 Å². The molecule has 6 heteroatoms. The van der Waals surface area contributed by atoms with E-state index in [-0.39, 0.29) is 0 Å². The Bertz CT molecular complexity index is 479. The summed E-state index contributed by atoms with van der Waals surface area (Å²) in [5.41, 5.74) is 0.419. The van der Waals surface area contributed by atoms with Crippen molar-refractivity contribution in [1.82, 2.24) is 14.5 Å². The van der Waals surface area contributed by atoms with Crippen molar-refractivity contribution in [2.24, 2.45) is 5.41 Å². The van der Waals surface area contributed by atoms with Crippen molar-refractivity contribution in [2.75, 3.05) is 13.1 Å². The van der Waals surface area contributed by atoms with Crippen molar-refractivity contribution >= 4 is 17.5 Å². The number of hydrogen-bond acceptors (Lipinski definition) is 5. The molecule has 0 radical (unpaired) electrons. The highest BCUT2D eigenvalue weighted by molar-refractivity contribution is 7.05. The van der Waals surface area contributed by atoms with Gasteiger partial charge in [-0.2, -0.15) is 0 Å². The van der Waals surface area contributed by atoms with E-state index in [1.165, 1.54) is 16.4 Å². The van der Waals surface area contributed by atoms with Gasteiger partial charge < -0.3 is 5.11 Å². The lowest BCUT2D eigenvalue weighted by molar-refractivity contribution is -0.152. The Morgan fingerprint density at radius 3 is 2.75 bits per heavy atom. The second-order valence-electron chi connectivity index (χ2n) is 5.47. The van der Waals surface area contributed by atoms with E-state index < -0.39 is 11.4 Å². The molecule has 0 unspecified atom stereocenters. The van der Waals surface area contributed by atoms with E-state index in [4.69, 9.17) is 0 Å². The molecule has 0 spiro atoms. The first-order valence-electron chi connectivity index (χ1n) is 6.92. The Morgan fingerprint density at radius 1 is 1.55 bits per heavy atom. The van der Waals surface area contributed by atoms with Gasteiger partial charge in [-0.3, -0.25) is 9.69 Å². The lowest BCUT2D eigenvalue weighted by atomic mass is 9.75. The summed E-state index contributed by atoms with van der Waals surface area (Å²) in [4.78, 5) is 15.1. The van der Waals surface area contributed by atoms with Crippen LogP contribution in [0.5, 0.6) is 0 Å². The number of hydrogen-bond donors (Lipinski definition) is 1. The second kappa shape index (κ2) is 6.45. The van der Waals surface area contributed by atoms with Gasteiger partial charge in [-0.25, -0.2) is 0 Å². The first-order chi connectivity index (χ1) is 9.57. The number of carboxylic acids is 1. The third kappa shape index (κ3) is 3.24. The zero-order chi connectivity index (χ0) is 14.6. The van der Waals surface area contributed by atoms with Gasteiger partial charge in [0.1, 0.15) is 0 Å². The topological polar surface area (TPSA) is 66.3 Å². The van der Waals surface area contributed by atoms with Crippen LogP contribution >= 0.6 is 11.5 Å². The van der Waals surface area contributed by atoms with Crippen LogP contribution in [0.1, 0.15) is 36.3 Å². The van der Waals surface area contributed by atoms with Crippen molar-refractivity contribution < 1.29 is 9.90 Å². The highest BCUT2D eigenvalue weighted by Crippen LogP contribution is 2.37. The Hall–Kier alpha value is -1.27. The second-order valence-corrected chi connectivity index (χ2v) is 6.31. The van der Waals surface area contributed by atoms with Crippen molar-refractivity contribution in [3.8, 4) is 0 Å². The van der Waals surface area contributed by atoms with E-state index >= 15 is 0 Å². The molecule has 1 aliphatic heterocycles. The summed E-state index contributed by atoms with van der Waals surface area (Å²) in [5, 5.41) is 13.5. The summed E-state index contributed by atoms with van der Waals surface area (Å²) in [6.45, 7) is 8.14. The van der Waals surface area contributed by atoms with E-state index in [9.17, 15) is 9.90 Å². The zero-order valence-electron chi connectivity index (χ0n) is 11.8. The van der Waals surface area contributed by atoms with Crippen molar-refractivity contribution in [1.29, 1.82) is 0 Å². The molecule has 1 saturated heterocycles. The predicted molar refractivity (Wildman–Crippen MR) is 78.7 cm³/mol. The summed E-state index contributed by atoms with van der Waals surface area (Å²) in [5.74, 6) is -0.658. The maximum absolute atomic E-state index is 11.6. The van der Waals surface area contributed by atoms with Crippen molar-refractivity contribution in [2.45, 2.75) is 39.2 Å². The van der Waals surface area contributed by atoms with Crippen LogP contribution in [-0.4, -0.2) is 38.7 Å². The van der Waals surface area contributed by atoms with Crippen LogP contribution in [-0.2, 0) is 11.3 Å². The minimum absolute atomic E-state index is 0.564. The van der Waals surface area contributed by atoms with Gasteiger partial charge in [0.15, 0.2) is 0 Å². The van der Waals surface area contributed by atoms with Crippen molar-refractivity contribution in [3.63, 3.8) is 0 Å². The minimum Gasteiger partial charge on any atom is -0.481 e. The molecule has 0 bridgehead atoms. The first-order valence-corrected chi connectivity index (χ1v) is 7.69. The molecule has 0 aliphatic carbocycles. The summed E-state index contributed by atoms with van der Waals surface area (Å²) in [6, 6.07) is 0. The number of rotatable bonds is 6. The zero-order valence-corrected chi connectivity index (χ0v) is 12.7. The number of piperidine rings is 1. The number of likely N-dealkylation sites (tertiary alicyclic amines) is 1. The quantitative estimate of drug-likeness (QED) is 0.817. The van der Waals surface area contributed by atoms with E-state index in [2.05, 4.69) is 21.1 Å². The molecule has 1 aromatic rings. The number of aryl methyl sites for hydroxylation is 1. The molecule has 0 amide bonds. The Balaban J connectivity index is 1.94. The molecular formula is C14H21N3O2S. The fraction of sp³-hybridized carbons (Fsp3) is 0.643. The molecule has 0 atom stereocenters. The van der Waals surface area contributed by atoms with Crippen LogP contribution in [0.15, 0.2) is 12.7 Å². The minimum atomic E-state index is -0.658. The normalized spacial score (nSPS) is 18.9. The fourth-order valence-electron chi connectivity index (χ4n) is 2.69. The van der Waals surface area contributed by atoms with Crippen LogP contribution in [0.3, 0.4) is 0 Å². The SMILES string of the molecule is C=CCCC1(C(=O)O)CCN(Cc2snnc2C)CC1. The van der Waals surface area contributed by atoms with Crippen LogP contribution in [0, 0.1) is 12.3 Å². The summed E-state index contributed by atoms with van der Waals surface area (Å²) < 4.78 is 3.94. The van der Waals surface area contributed by atoms with Crippen LogP contribution in [0.25, 0.3) is 0 Å². The van der Waals surface area contributed by atoms with Crippen LogP contribution in [0.2, 0.25) is 0 Å². The Morgan fingerprint density at radius 2 is 2.25 bits per heavy atom. The molecule has 0 aromatic carbocycles. The Labute approximate surface area is 123 Å². The molecule has 110 valence electrons. The fourth-order valence-corrected chi connectivity index (χ4v) is 3.36. The van der Waals surface area contributed by atoms with Gasteiger partial charge in [0.05, 0.1) is 16.0 Å². The lowest BCUT2D eigenvalue weighted by Gasteiger charge is -2.38. The highest BCUT2D eigenvalue weighted by atomic mass is 32.1. The average Bonchev–Trinajstić information content (AvgIpc) is 2.83. The maximum atomic E-state index is 11.6. The van der Waals surface area contributed by atoms with Gasteiger partial charge in [-0.05, 0) is 57.2 Å².